The number of hydrogen-bond donors (Lipinski definition) is 2. The predicted octanol–water partition coefficient (Wildman–Crippen LogP) is 1.12. The number of nitrogens with two attached hydrogens (primary N) is 1. The summed E-state index contributed by atoms with van der Waals surface area (Å²) in [4.78, 5) is 16.8. The maximum absolute atomic E-state index is 12.8. The molecular formula is C17H28N4O3S. The van der Waals surface area contributed by atoms with Gasteiger partial charge in [-0.2, -0.15) is 0 Å². The zero-order valence-corrected chi connectivity index (χ0v) is 16.2. The van der Waals surface area contributed by atoms with E-state index in [2.05, 4.69) is 9.62 Å². The highest BCUT2D eigenvalue weighted by atomic mass is 32.2. The predicted molar refractivity (Wildman–Crippen MR) is 98.9 cm³/mol. The number of nitrogens with zero attached hydrogens (tertiary/aromatic N) is 2. The van der Waals surface area contributed by atoms with Crippen LogP contribution in [0.2, 0.25) is 0 Å². The Morgan fingerprint density at radius 3 is 2.44 bits per heavy atom. The molecule has 1 aliphatic heterocycles. The minimum Gasteiger partial charge on any atom is -0.399 e. The van der Waals surface area contributed by atoms with Crippen LogP contribution in [0, 0.1) is 0 Å². The standard InChI is InChI=1S/C17H28N4O3S/c1-17(2,3)19-25(23,24)15-11-13(10-14(18)12-15)16(22)21-7-5-6-20(4)8-9-21/h10-12,19H,5-9,18H2,1-4H3. The van der Waals surface area contributed by atoms with Crippen LogP contribution in [-0.4, -0.2) is 62.9 Å². The van der Waals surface area contributed by atoms with Crippen molar-refractivity contribution in [2.45, 2.75) is 37.6 Å². The number of benzene rings is 1. The van der Waals surface area contributed by atoms with Crippen LogP contribution >= 0.6 is 0 Å². The van der Waals surface area contributed by atoms with E-state index in [9.17, 15) is 13.2 Å². The maximum Gasteiger partial charge on any atom is 0.254 e. The van der Waals surface area contributed by atoms with Crippen LogP contribution < -0.4 is 10.5 Å². The molecule has 0 radical (unpaired) electrons. The highest BCUT2D eigenvalue weighted by molar-refractivity contribution is 7.89. The van der Waals surface area contributed by atoms with Crippen molar-refractivity contribution in [3.05, 3.63) is 23.8 Å². The van der Waals surface area contributed by atoms with Crippen LogP contribution in [0.4, 0.5) is 5.69 Å². The number of nitrogens with one attached hydrogen (secondary N) is 1. The molecule has 0 aromatic heterocycles. The maximum atomic E-state index is 12.8. The molecule has 0 saturated carbocycles. The van der Waals surface area contributed by atoms with Crippen molar-refractivity contribution in [1.82, 2.24) is 14.5 Å². The number of nitrogen functional groups attached to an aromatic ring is 1. The fourth-order valence-corrected chi connectivity index (χ4v) is 4.29. The zero-order valence-electron chi connectivity index (χ0n) is 15.4. The van der Waals surface area contributed by atoms with E-state index in [-0.39, 0.29) is 16.5 Å². The summed E-state index contributed by atoms with van der Waals surface area (Å²) in [6.45, 7) is 8.29. The number of anilines is 1. The third-order valence-corrected chi connectivity index (χ3v) is 5.67. The summed E-state index contributed by atoms with van der Waals surface area (Å²) in [5.41, 5.74) is 5.81. The highest BCUT2D eigenvalue weighted by Crippen LogP contribution is 2.20. The van der Waals surface area contributed by atoms with E-state index in [1.807, 2.05) is 7.05 Å². The van der Waals surface area contributed by atoms with Crippen LogP contribution in [0.25, 0.3) is 0 Å². The van der Waals surface area contributed by atoms with Gasteiger partial charge in [0, 0.05) is 36.4 Å². The molecule has 1 heterocycles. The Morgan fingerprint density at radius 1 is 1.12 bits per heavy atom. The Balaban J connectivity index is 2.31. The van der Waals surface area contributed by atoms with E-state index in [4.69, 9.17) is 5.73 Å². The summed E-state index contributed by atoms with van der Waals surface area (Å²) < 4.78 is 27.7. The Labute approximate surface area is 150 Å². The molecule has 8 heteroatoms. The van der Waals surface area contributed by atoms with E-state index >= 15 is 0 Å². The number of sulfonamides is 1. The van der Waals surface area contributed by atoms with Crippen molar-refractivity contribution in [1.29, 1.82) is 0 Å². The minimum atomic E-state index is -3.75. The van der Waals surface area contributed by atoms with Gasteiger partial charge in [-0.1, -0.05) is 0 Å². The van der Waals surface area contributed by atoms with E-state index in [1.165, 1.54) is 18.2 Å². The van der Waals surface area contributed by atoms with Gasteiger partial charge in [-0.25, -0.2) is 13.1 Å². The van der Waals surface area contributed by atoms with Crippen LogP contribution in [0.3, 0.4) is 0 Å². The van der Waals surface area contributed by atoms with Gasteiger partial charge in [0.15, 0.2) is 0 Å². The van der Waals surface area contributed by atoms with Gasteiger partial charge in [0.25, 0.3) is 5.91 Å². The Bertz CT molecular complexity index is 741. The molecule has 0 bridgehead atoms. The average molecular weight is 369 g/mol. The molecule has 0 spiro atoms. The van der Waals surface area contributed by atoms with E-state index in [1.54, 1.807) is 25.7 Å². The molecule has 1 amide bonds. The van der Waals surface area contributed by atoms with E-state index in [0.717, 1.165) is 19.5 Å². The second-order valence-corrected chi connectivity index (χ2v) is 9.28. The molecule has 0 aliphatic carbocycles. The van der Waals surface area contributed by atoms with Gasteiger partial charge < -0.3 is 15.5 Å². The van der Waals surface area contributed by atoms with Gasteiger partial charge in [0.05, 0.1) is 4.90 Å². The molecule has 1 fully saturated rings. The first-order chi connectivity index (χ1) is 11.5. The lowest BCUT2D eigenvalue weighted by Gasteiger charge is -2.22. The molecule has 1 aromatic carbocycles. The number of carbonyl (C=O) groups excluding carboxylic acids is 1. The van der Waals surface area contributed by atoms with Gasteiger partial charge in [-0.15, -0.1) is 0 Å². The van der Waals surface area contributed by atoms with Crippen LogP contribution in [0.1, 0.15) is 37.6 Å². The third kappa shape index (κ3) is 5.42. The lowest BCUT2D eigenvalue weighted by atomic mass is 10.1. The molecule has 25 heavy (non-hydrogen) atoms. The normalized spacial score (nSPS) is 17.4. The minimum absolute atomic E-state index is 0.0118. The largest absolute Gasteiger partial charge is 0.399 e. The number of likely N-dealkylation sites (N-methyl/N-ethyl adjacent to an activating group) is 1. The summed E-state index contributed by atoms with van der Waals surface area (Å²) in [5.74, 6) is -0.185. The Hall–Kier alpha value is -1.64. The Morgan fingerprint density at radius 2 is 1.80 bits per heavy atom. The average Bonchev–Trinajstić information content (AvgIpc) is 2.68. The zero-order chi connectivity index (χ0) is 18.8. The molecule has 0 unspecified atom stereocenters. The third-order valence-electron chi connectivity index (χ3n) is 3.93. The number of carbonyl (C=O) groups is 1. The lowest BCUT2D eigenvalue weighted by Crippen LogP contribution is -2.40. The molecule has 0 atom stereocenters. The quantitative estimate of drug-likeness (QED) is 0.780. The summed E-state index contributed by atoms with van der Waals surface area (Å²) in [5, 5.41) is 0. The first kappa shape index (κ1) is 19.7. The SMILES string of the molecule is CN1CCCN(C(=O)c2cc(N)cc(S(=O)(=O)NC(C)(C)C)c2)CC1. The monoisotopic (exact) mass is 368 g/mol. The highest BCUT2D eigenvalue weighted by Gasteiger charge is 2.25. The van der Waals surface area contributed by atoms with Crippen molar-refractivity contribution in [3.8, 4) is 0 Å². The first-order valence-corrected chi connectivity index (χ1v) is 9.89. The summed E-state index contributed by atoms with van der Waals surface area (Å²) in [6.07, 6.45) is 0.890. The van der Waals surface area contributed by atoms with E-state index < -0.39 is 15.6 Å². The van der Waals surface area contributed by atoms with Crippen molar-refractivity contribution < 1.29 is 13.2 Å². The summed E-state index contributed by atoms with van der Waals surface area (Å²) in [7, 11) is -1.73. The summed E-state index contributed by atoms with van der Waals surface area (Å²) >= 11 is 0. The van der Waals surface area contributed by atoms with Gasteiger partial charge in [-0.05, 0) is 59.0 Å². The molecular weight excluding hydrogens is 340 g/mol. The fraction of sp³-hybridized carbons (Fsp3) is 0.588. The van der Waals surface area contributed by atoms with Gasteiger partial charge in [-0.3, -0.25) is 4.79 Å². The Kier molecular flexibility index (Phi) is 5.75. The van der Waals surface area contributed by atoms with E-state index in [0.29, 0.717) is 18.7 Å². The molecule has 1 saturated heterocycles. The number of rotatable bonds is 3. The molecule has 140 valence electrons. The van der Waals surface area contributed by atoms with Crippen molar-refractivity contribution in [2.75, 3.05) is 39.0 Å². The fourth-order valence-electron chi connectivity index (χ4n) is 2.79. The molecule has 7 nitrogen and oxygen atoms in total. The van der Waals surface area contributed by atoms with Crippen molar-refractivity contribution in [2.24, 2.45) is 0 Å². The lowest BCUT2D eigenvalue weighted by molar-refractivity contribution is 0.0762. The number of hydrogen-bond acceptors (Lipinski definition) is 5. The molecule has 1 aliphatic rings. The van der Waals surface area contributed by atoms with Crippen LogP contribution in [0.5, 0.6) is 0 Å². The van der Waals surface area contributed by atoms with Crippen LogP contribution in [-0.2, 0) is 10.0 Å². The number of amides is 1. The molecule has 1 aromatic rings. The van der Waals surface area contributed by atoms with Gasteiger partial charge >= 0.3 is 0 Å². The smallest absolute Gasteiger partial charge is 0.254 e. The van der Waals surface area contributed by atoms with Gasteiger partial charge in [0.1, 0.15) is 0 Å². The second kappa shape index (κ2) is 7.31. The van der Waals surface area contributed by atoms with Crippen molar-refractivity contribution >= 4 is 21.6 Å². The second-order valence-electron chi connectivity index (χ2n) is 7.60. The first-order valence-electron chi connectivity index (χ1n) is 8.40. The van der Waals surface area contributed by atoms with Crippen molar-refractivity contribution in [3.63, 3.8) is 0 Å². The summed E-state index contributed by atoms with van der Waals surface area (Å²) in [6, 6.07) is 4.31. The topological polar surface area (TPSA) is 95.7 Å². The van der Waals surface area contributed by atoms with Crippen LogP contribution in [0.15, 0.2) is 23.1 Å². The molecule has 2 rings (SSSR count). The van der Waals surface area contributed by atoms with Gasteiger partial charge in [0.2, 0.25) is 10.0 Å². The molecule has 3 N–H and O–H groups in total.